The molecule has 0 bridgehead atoms. The van der Waals surface area contributed by atoms with Crippen LogP contribution in [-0.4, -0.2) is 17.6 Å². The third-order valence-corrected chi connectivity index (χ3v) is 2.28. The molecular weight excluding hydrogens is 190 g/mol. The Morgan fingerprint density at radius 1 is 1.47 bits per heavy atom. The molecule has 0 saturated carbocycles. The topological polar surface area (TPSA) is 53.3 Å². The van der Waals surface area contributed by atoms with Crippen molar-refractivity contribution in [1.29, 1.82) is 5.41 Å². The first-order valence-electron chi connectivity index (χ1n) is 5.02. The van der Waals surface area contributed by atoms with Crippen molar-refractivity contribution in [2.24, 2.45) is 0 Å². The van der Waals surface area contributed by atoms with Gasteiger partial charge in [-0.15, -0.1) is 0 Å². The van der Waals surface area contributed by atoms with Crippen molar-refractivity contribution in [2.75, 3.05) is 6.61 Å². The molecule has 15 heavy (non-hydrogen) atoms. The van der Waals surface area contributed by atoms with E-state index < -0.39 is 6.10 Å². The Balaban J connectivity index is 2.94. The quantitative estimate of drug-likeness (QED) is 0.590. The van der Waals surface area contributed by atoms with E-state index in [1.165, 1.54) is 0 Å². The predicted molar refractivity (Wildman–Crippen MR) is 60.2 cm³/mol. The molecule has 0 heterocycles. The molecular formula is C12H17NO2. The number of nitrogens with one attached hydrogen (secondary N) is 1. The molecule has 0 aliphatic carbocycles. The maximum atomic E-state index is 9.88. The molecule has 0 spiro atoms. The van der Waals surface area contributed by atoms with E-state index in [1.54, 1.807) is 6.92 Å². The van der Waals surface area contributed by atoms with Crippen molar-refractivity contribution in [3.05, 3.63) is 34.9 Å². The number of hydrogen-bond donors (Lipinski definition) is 2. The molecule has 2 N–H and O–H groups in total. The van der Waals surface area contributed by atoms with E-state index in [0.717, 1.165) is 16.7 Å². The Bertz CT molecular complexity index is 361. The van der Waals surface area contributed by atoms with E-state index in [2.05, 4.69) is 0 Å². The second-order valence-corrected chi connectivity index (χ2v) is 3.56. The summed E-state index contributed by atoms with van der Waals surface area (Å²) in [5, 5.41) is 17.4. The largest absolute Gasteiger partial charge is 0.479 e. The highest BCUT2D eigenvalue weighted by molar-refractivity contribution is 5.79. The van der Waals surface area contributed by atoms with Crippen LogP contribution >= 0.6 is 0 Å². The van der Waals surface area contributed by atoms with Gasteiger partial charge in [0.25, 0.3) is 0 Å². The van der Waals surface area contributed by atoms with E-state index in [-0.39, 0.29) is 5.90 Å². The van der Waals surface area contributed by atoms with Crippen molar-refractivity contribution in [1.82, 2.24) is 0 Å². The first-order valence-corrected chi connectivity index (χ1v) is 5.02. The zero-order valence-corrected chi connectivity index (χ0v) is 9.37. The first kappa shape index (κ1) is 11.7. The van der Waals surface area contributed by atoms with Crippen LogP contribution in [0.3, 0.4) is 0 Å². The molecule has 3 heteroatoms. The fourth-order valence-corrected chi connectivity index (χ4v) is 1.43. The first-order chi connectivity index (χ1) is 7.06. The summed E-state index contributed by atoms with van der Waals surface area (Å²) in [6.45, 7) is 6.07. The highest BCUT2D eigenvalue weighted by atomic mass is 16.5. The van der Waals surface area contributed by atoms with Crippen LogP contribution in [0.1, 0.15) is 29.7 Å². The van der Waals surface area contributed by atoms with Crippen LogP contribution < -0.4 is 0 Å². The Labute approximate surface area is 90.2 Å². The van der Waals surface area contributed by atoms with Crippen LogP contribution in [0.4, 0.5) is 0 Å². The van der Waals surface area contributed by atoms with Crippen LogP contribution in [0, 0.1) is 19.3 Å². The highest BCUT2D eigenvalue weighted by Gasteiger charge is 2.16. The van der Waals surface area contributed by atoms with E-state index >= 15 is 0 Å². The molecule has 0 aromatic heterocycles. The van der Waals surface area contributed by atoms with E-state index in [0.29, 0.717) is 6.61 Å². The normalized spacial score (nSPS) is 12.3. The Morgan fingerprint density at radius 2 is 2.13 bits per heavy atom. The second kappa shape index (κ2) is 4.94. The van der Waals surface area contributed by atoms with E-state index in [9.17, 15) is 5.11 Å². The molecule has 3 nitrogen and oxygen atoms in total. The third kappa shape index (κ3) is 2.80. The Kier molecular flexibility index (Phi) is 3.86. The molecule has 0 amide bonds. The van der Waals surface area contributed by atoms with Crippen molar-refractivity contribution in [3.63, 3.8) is 0 Å². The van der Waals surface area contributed by atoms with Gasteiger partial charge in [-0.25, -0.2) is 0 Å². The third-order valence-electron chi connectivity index (χ3n) is 2.28. The molecule has 82 valence electrons. The molecule has 1 aromatic carbocycles. The molecule has 1 atom stereocenters. The highest BCUT2D eigenvalue weighted by Crippen LogP contribution is 2.20. The monoisotopic (exact) mass is 207 g/mol. The number of benzene rings is 1. The summed E-state index contributed by atoms with van der Waals surface area (Å²) in [4.78, 5) is 0. The number of aryl methyl sites for hydroxylation is 2. The van der Waals surface area contributed by atoms with Gasteiger partial charge in [0.1, 0.15) is 0 Å². The smallest absolute Gasteiger partial charge is 0.214 e. The average molecular weight is 207 g/mol. The summed E-state index contributed by atoms with van der Waals surface area (Å²) >= 11 is 0. The Hall–Kier alpha value is -1.35. The number of rotatable bonds is 3. The zero-order chi connectivity index (χ0) is 11.4. The second-order valence-electron chi connectivity index (χ2n) is 3.56. The van der Waals surface area contributed by atoms with E-state index in [4.69, 9.17) is 10.1 Å². The maximum Gasteiger partial charge on any atom is 0.214 e. The van der Waals surface area contributed by atoms with Crippen LogP contribution in [0.15, 0.2) is 18.2 Å². The van der Waals surface area contributed by atoms with Gasteiger partial charge in [-0.1, -0.05) is 23.8 Å². The van der Waals surface area contributed by atoms with Crippen molar-refractivity contribution in [2.45, 2.75) is 26.9 Å². The lowest BCUT2D eigenvalue weighted by Gasteiger charge is -2.15. The summed E-state index contributed by atoms with van der Waals surface area (Å²) < 4.78 is 4.99. The minimum atomic E-state index is -0.954. The van der Waals surface area contributed by atoms with Crippen molar-refractivity contribution >= 4 is 5.90 Å². The van der Waals surface area contributed by atoms with Gasteiger partial charge in [0, 0.05) is 0 Å². The Morgan fingerprint density at radius 3 is 2.73 bits per heavy atom. The lowest BCUT2D eigenvalue weighted by Crippen LogP contribution is -2.15. The van der Waals surface area contributed by atoms with E-state index in [1.807, 2.05) is 32.0 Å². The number of hydrogen-bond acceptors (Lipinski definition) is 3. The van der Waals surface area contributed by atoms with Gasteiger partial charge in [-0.05, 0) is 31.9 Å². The molecule has 0 aliphatic rings. The van der Waals surface area contributed by atoms with Crippen LogP contribution in [-0.2, 0) is 4.74 Å². The molecule has 1 rings (SSSR count). The van der Waals surface area contributed by atoms with Crippen LogP contribution in [0.5, 0.6) is 0 Å². The summed E-state index contributed by atoms with van der Waals surface area (Å²) in [6, 6.07) is 5.80. The van der Waals surface area contributed by atoms with Crippen molar-refractivity contribution < 1.29 is 9.84 Å². The van der Waals surface area contributed by atoms with Crippen LogP contribution in [0.2, 0.25) is 0 Å². The molecule has 0 radical (unpaired) electrons. The van der Waals surface area contributed by atoms with Gasteiger partial charge in [0.05, 0.1) is 6.61 Å². The molecule has 0 fully saturated rings. The zero-order valence-electron chi connectivity index (χ0n) is 9.37. The number of aliphatic hydroxyl groups excluding tert-OH is 1. The minimum absolute atomic E-state index is 0.0915. The lowest BCUT2D eigenvalue weighted by molar-refractivity contribution is 0.190. The predicted octanol–water partition coefficient (Wildman–Crippen LogP) is 2.35. The average Bonchev–Trinajstić information content (AvgIpc) is 2.21. The number of ether oxygens (including phenoxy) is 1. The molecule has 1 aromatic rings. The molecule has 0 saturated heterocycles. The summed E-state index contributed by atoms with van der Waals surface area (Å²) in [7, 11) is 0. The van der Waals surface area contributed by atoms with Gasteiger partial charge in [0.2, 0.25) is 5.90 Å². The fourth-order valence-electron chi connectivity index (χ4n) is 1.43. The molecule has 0 aliphatic heterocycles. The van der Waals surface area contributed by atoms with Gasteiger partial charge < -0.3 is 9.84 Å². The number of aliphatic hydroxyl groups is 1. The lowest BCUT2D eigenvalue weighted by atomic mass is 10.0. The SMILES string of the molecule is CCOC(=N)[C@@H](O)c1cc(C)ccc1C. The summed E-state index contributed by atoms with van der Waals surface area (Å²) in [6.07, 6.45) is -0.954. The van der Waals surface area contributed by atoms with Gasteiger partial charge in [-0.3, -0.25) is 5.41 Å². The molecule has 0 unspecified atom stereocenters. The van der Waals surface area contributed by atoms with Gasteiger partial charge in [-0.2, -0.15) is 0 Å². The fraction of sp³-hybridized carbons (Fsp3) is 0.417. The standard InChI is InChI=1S/C12H17NO2/c1-4-15-12(13)11(14)10-7-8(2)5-6-9(10)3/h5-7,11,13-14H,4H2,1-3H3/t11-/m0/s1. The summed E-state index contributed by atoms with van der Waals surface area (Å²) in [5.74, 6) is -0.0915. The van der Waals surface area contributed by atoms with Crippen LogP contribution in [0.25, 0.3) is 0 Å². The maximum absolute atomic E-state index is 9.88. The minimum Gasteiger partial charge on any atom is -0.479 e. The summed E-state index contributed by atoms with van der Waals surface area (Å²) in [5.41, 5.74) is 2.78. The van der Waals surface area contributed by atoms with Gasteiger partial charge in [0.15, 0.2) is 6.10 Å². The van der Waals surface area contributed by atoms with Gasteiger partial charge >= 0.3 is 0 Å². The van der Waals surface area contributed by atoms with Crippen molar-refractivity contribution in [3.8, 4) is 0 Å².